The lowest BCUT2D eigenvalue weighted by Crippen LogP contribution is -2.34. The molecule has 1 N–H and O–H groups in total. The lowest BCUT2D eigenvalue weighted by atomic mass is 10.3. The number of amides is 1. The van der Waals surface area contributed by atoms with Crippen LogP contribution < -0.4 is 10.2 Å². The Hall–Kier alpha value is -2.03. The van der Waals surface area contributed by atoms with Crippen molar-refractivity contribution in [2.75, 3.05) is 22.5 Å². The van der Waals surface area contributed by atoms with Crippen molar-refractivity contribution in [2.45, 2.75) is 11.8 Å². The van der Waals surface area contributed by atoms with E-state index >= 15 is 0 Å². The predicted octanol–water partition coefficient (Wildman–Crippen LogP) is 3.60. The first-order valence-electron chi connectivity index (χ1n) is 7.81. The van der Waals surface area contributed by atoms with E-state index in [1.165, 1.54) is 6.07 Å². The molecular weight excluding hydrogens is 394 g/mol. The first-order chi connectivity index (χ1) is 12.4. The zero-order valence-electron chi connectivity index (χ0n) is 13.8. The molecule has 0 aromatic heterocycles. The van der Waals surface area contributed by atoms with Gasteiger partial charge in [-0.2, -0.15) is 8.42 Å². The number of carbonyl (C=O) groups excluding carboxylic acids is 1. The zero-order chi connectivity index (χ0) is 18.7. The van der Waals surface area contributed by atoms with Crippen LogP contribution in [-0.2, 0) is 14.8 Å². The maximum atomic E-state index is 12.4. The predicted molar refractivity (Wildman–Crippen MR) is 107 cm³/mol. The number of hydrogen-bond donors (Lipinski definition) is 1. The molecule has 6 nitrogen and oxygen atoms in total. The molecule has 3 rings (SSSR count). The summed E-state index contributed by atoms with van der Waals surface area (Å²) in [6.45, 7) is 2.43. The molecule has 2 aromatic carbocycles. The average molecular weight is 410 g/mol. The Labute approximate surface area is 161 Å². The van der Waals surface area contributed by atoms with Crippen LogP contribution in [0.5, 0.6) is 0 Å². The highest BCUT2D eigenvalue weighted by atomic mass is 35.5. The number of fused-ring (bicyclic) bond motifs is 1. The Morgan fingerprint density at radius 3 is 2.62 bits per heavy atom. The Morgan fingerprint density at radius 2 is 1.88 bits per heavy atom. The van der Waals surface area contributed by atoms with Gasteiger partial charge in [-0.05, 0) is 31.2 Å². The van der Waals surface area contributed by atoms with Crippen LogP contribution >= 0.6 is 23.4 Å². The van der Waals surface area contributed by atoms with Gasteiger partial charge in [0, 0.05) is 6.54 Å². The highest BCUT2D eigenvalue weighted by Crippen LogP contribution is 2.33. The van der Waals surface area contributed by atoms with Crippen LogP contribution in [0.3, 0.4) is 0 Å². The van der Waals surface area contributed by atoms with E-state index in [9.17, 15) is 13.2 Å². The molecule has 0 fully saturated rings. The van der Waals surface area contributed by atoms with E-state index in [4.69, 9.17) is 11.6 Å². The van der Waals surface area contributed by atoms with Crippen LogP contribution in [0.15, 0.2) is 57.8 Å². The Bertz CT molecular complexity index is 977. The van der Waals surface area contributed by atoms with Gasteiger partial charge in [0.25, 0.3) is 10.0 Å². The molecule has 26 heavy (non-hydrogen) atoms. The molecule has 2 aromatic rings. The third kappa shape index (κ3) is 3.87. The maximum Gasteiger partial charge on any atom is 0.286 e. The second-order valence-corrected chi connectivity index (χ2v) is 8.30. The summed E-state index contributed by atoms with van der Waals surface area (Å²) < 4.78 is 28.6. The van der Waals surface area contributed by atoms with E-state index in [0.29, 0.717) is 22.9 Å². The van der Waals surface area contributed by atoms with Crippen LogP contribution in [0, 0.1) is 0 Å². The number of sulfonamides is 1. The summed E-state index contributed by atoms with van der Waals surface area (Å²) in [5, 5.41) is 3.42. The Kier molecular flexibility index (Phi) is 5.55. The number of hydrogen-bond acceptors (Lipinski definition) is 5. The summed E-state index contributed by atoms with van der Waals surface area (Å²) in [4.78, 5) is 14.2. The lowest BCUT2D eigenvalue weighted by molar-refractivity contribution is -0.113. The third-order valence-electron chi connectivity index (χ3n) is 3.66. The number of halogens is 1. The SMILES string of the molecule is CCN1C(SCC(=O)Nc2ccccc2Cl)=NS(=O)(=O)c2ccccc21. The van der Waals surface area contributed by atoms with Crippen LogP contribution in [0.4, 0.5) is 11.4 Å². The fraction of sp³-hybridized carbons (Fsp3) is 0.176. The average Bonchev–Trinajstić information content (AvgIpc) is 2.62. The van der Waals surface area contributed by atoms with Gasteiger partial charge in [0.05, 0.1) is 22.2 Å². The fourth-order valence-corrected chi connectivity index (χ4v) is 4.99. The fourth-order valence-electron chi connectivity index (χ4n) is 2.49. The highest BCUT2D eigenvalue weighted by molar-refractivity contribution is 8.15. The van der Waals surface area contributed by atoms with Gasteiger partial charge < -0.3 is 10.2 Å². The first kappa shape index (κ1) is 18.8. The number of benzene rings is 2. The molecule has 0 saturated heterocycles. The molecule has 0 radical (unpaired) electrons. The molecule has 0 atom stereocenters. The molecule has 0 bridgehead atoms. The van der Waals surface area contributed by atoms with E-state index in [-0.39, 0.29) is 21.7 Å². The van der Waals surface area contributed by atoms with E-state index in [1.807, 2.05) is 6.92 Å². The van der Waals surface area contributed by atoms with Crippen molar-refractivity contribution in [3.05, 3.63) is 53.6 Å². The molecule has 9 heteroatoms. The van der Waals surface area contributed by atoms with E-state index in [0.717, 1.165) is 11.8 Å². The number of nitrogens with one attached hydrogen (secondary N) is 1. The van der Waals surface area contributed by atoms with Crippen molar-refractivity contribution in [3.63, 3.8) is 0 Å². The number of anilines is 2. The normalized spacial score (nSPS) is 15.2. The molecule has 136 valence electrons. The molecule has 1 amide bonds. The van der Waals surface area contributed by atoms with Crippen molar-refractivity contribution in [3.8, 4) is 0 Å². The zero-order valence-corrected chi connectivity index (χ0v) is 16.2. The number of carbonyl (C=O) groups is 1. The number of thioether (sulfide) groups is 1. The summed E-state index contributed by atoms with van der Waals surface area (Å²) in [5.41, 5.74) is 1.08. The second-order valence-electron chi connectivity index (χ2n) is 5.38. The monoisotopic (exact) mass is 409 g/mol. The minimum absolute atomic E-state index is 0.0121. The van der Waals surface area contributed by atoms with Crippen molar-refractivity contribution in [1.82, 2.24) is 0 Å². The third-order valence-corrected chi connectivity index (χ3v) is 6.40. The van der Waals surface area contributed by atoms with Gasteiger partial charge in [0.15, 0.2) is 5.17 Å². The van der Waals surface area contributed by atoms with Gasteiger partial charge in [-0.25, -0.2) is 0 Å². The minimum Gasteiger partial charge on any atom is -0.324 e. The van der Waals surface area contributed by atoms with Crippen molar-refractivity contribution >= 4 is 55.8 Å². The summed E-state index contributed by atoms with van der Waals surface area (Å²) in [6, 6.07) is 13.6. The quantitative estimate of drug-likeness (QED) is 0.834. The van der Waals surface area contributed by atoms with Crippen molar-refractivity contribution in [1.29, 1.82) is 0 Å². The van der Waals surface area contributed by atoms with E-state index in [1.54, 1.807) is 47.4 Å². The largest absolute Gasteiger partial charge is 0.324 e. The molecule has 0 aliphatic carbocycles. The second kappa shape index (κ2) is 7.69. The summed E-state index contributed by atoms with van der Waals surface area (Å²) in [7, 11) is -3.78. The molecule has 0 saturated carbocycles. The Balaban J connectivity index is 1.76. The van der Waals surface area contributed by atoms with Gasteiger partial charge in [0.1, 0.15) is 4.90 Å². The summed E-state index contributed by atoms with van der Waals surface area (Å²) in [5.74, 6) is -0.281. The number of rotatable bonds is 4. The molecule has 0 unspecified atom stereocenters. The van der Waals surface area contributed by atoms with Crippen LogP contribution in [-0.4, -0.2) is 31.8 Å². The standard InChI is InChI=1S/C17H16ClN3O3S2/c1-2-21-14-9-5-6-10-15(14)26(23,24)20-17(21)25-11-16(22)19-13-8-4-3-7-12(13)18/h3-10H,2,11H2,1H3,(H,19,22). The van der Waals surface area contributed by atoms with Gasteiger partial charge in [-0.3, -0.25) is 4.79 Å². The molecule has 1 heterocycles. The highest BCUT2D eigenvalue weighted by Gasteiger charge is 2.30. The first-order valence-corrected chi connectivity index (χ1v) is 10.6. The smallest absolute Gasteiger partial charge is 0.286 e. The number of para-hydroxylation sites is 2. The molecule has 1 aliphatic rings. The number of amidine groups is 1. The van der Waals surface area contributed by atoms with Crippen LogP contribution in [0.25, 0.3) is 0 Å². The summed E-state index contributed by atoms with van der Waals surface area (Å²) in [6.07, 6.45) is 0. The van der Waals surface area contributed by atoms with Crippen molar-refractivity contribution < 1.29 is 13.2 Å². The van der Waals surface area contributed by atoms with Gasteiger partial charge >= 0.3 is 0 Å². The van der Waals surface area contributed by atoms with Gasteiger partial charge in [0.2, 0.25) is 5.91 Å². The van der Waals surface area contributed by atoms with E-state index in [2.05, 4.69) is 9.71 Å². The molecule has 1 aliphatic heterocycles. The van der Waals surface area contributed by atoms with Gasteiger partial charge in [-0.1, -0.05) is 47.6 Å². The molecule has 0 spiro atoms. The van der Waals surface area contributed by atoms with Gasteiger partial charge in [-0.15, -0.1) is 4.40 Å². The topological polar surface area (TPSA) is 78.8 Å². The maximum absolute atomic E-state index is 12.4. The van der Waals surface area contributed by atoms with Crippen LogP contribution in [0.2, 0.25) is 5.02 Å². The summed E-state index contributed by atoms with van der Waals surface area (Å²) >= 11 is 7.09. The number of nitrogens with zero attached hydrogens (tertiary/aromatic N) is 2. The lowest BCUT2D eigenvalue weighted by Gasteiger charge is -2.29. The van der Waals surface area contributed by atoms with E-state index < -0.39 is 10.0 Å². The minimum atomic E-state index is -3.78. The van der Waals surface area contributed by atoms with Crippen molar-refractivity contribution in [2.24, 2.45) is 4.40 Å². The Morgan fingerprint density at radius 1 is 1.19 bits per heavy atom. The van der Waals surface area contributed by atoms with Crippen LogP contribution in [0.1, 0.15) is 6.92 Å². The molecular formula is C17H16ClN3O3S2.